The maximum Gasteiger partial charge on any atom is 0.293 e. The molecule has 3 aromatic carbocycles. The van der Waals surface area contributed by atoms with Crippen LogP contribution in [0.3, 0.4) is 0 Å². The summed E-state index contributed by atoms with van der Waals surface area (Å²) in [6.07, 6.45) is 9.23. The number of pyridine rings is 1. The third-order valence-electron chi connectivity index (χ3n) is 15.2. The number of aromatic amines is 1. The average Bonchev–Trinajstić information content (AvgIpc) is 4.13. The molecule has 4 aliphatic heterocycles. The molecule has 2 aromatic heterocycles. The molecule has 68 heavy (non-hydrogen) atoms. The van der Waals surface area contributed by atoms with Gasteiger partial charge in [0.2, 0.25) is 5.88 Å². The van der Waals surface area contributed by atoms with Crippen LogP contribution in [0.2, 0.25) is 0 Å². The number of nitro benzene ring substituents is 1. The molecule has 5 aromatic rings. The molecular formula is C50H59N9O8S. The molecule has 0 radical (unpaired) electrons. The summed E-state index contributed by atoms with van der Waals surface area (Å²) >= 11 is 0. The Bertz CT molecular complexity index is 2810. The summed E-state index contributed by atoms with van der Waals surface area (Å²) in [6.45, 7) is 7.28. The van der Waals surface area contributed by atoms with Gasteiger partial charge in [-0.3, -0.25) is 19.8 Å². The van der Waals surface area contributed by atoms with E-state index in [1.165, 1.54) is 43.4 Å². The maximum absolute atomic E-state index is 14.4. The number of piperazine rings is 1. The lowest BCUT2D eigenvalue weighted by molar-refractivity contribution is -0.384. The zero-order chi connectivity index (χ0) is 46.6. The number of fused-ring (bicyclic) bond motifs is 2. The van der Waals surface area contributed by atoms with Crippen molar-refractivity contribution >= 4 is 55.4 Å². The molecule has 2 aliphatic carbocycles. The Morgan fingerprint density at radius 1 is 0.941 bits per heavy atom. The monoisotopic (exact) mass is 945 g/mol. The fourth-order valence-electron chi connectivity index (χ4n) is 11.3. The van der Waals surface area contributed by atoms with E-state index in [9.17, 15) is 23.3 Å². The van der Waals surface area contributed by atoms with Gasteiger partial charge in [0.1, 0.15) is 17.0 Å². The molecular weight excluding hydrogens is 887 g/mol. The number of piperidine rings is 1. The highest BCUT2D eigenvalue weighted by Gasteiger charge is 2.50. The number of rotatable bonds is 12. The standard InChI is InChI=1S/C50H59N9O8S/c1-55-20-21-57(46(31-55)40-6-3-2-5-39(40)33-7-8-33)36-28-50(29-36)14-18-56(19-15-50)35-9-11-41(43(26-35)58-17-4-22-67-49-45(58)25-34-13-16-51-47(34)53-49)48(60)54-68(63,64)38-10-12-42(44(27-38)59(61)62)52-30-37-32-65-23-24-66-37/h2-3,5-6,9-13,16,25-27,33,36-37,46,52H,4,7-8,14-15,17-24,28-32H2,1H3,(H,51,53)(H,54,60)/t37-,46?/m0/s1. The zero-order valence-corrected chi connectivity index (χ0v) is 39.2. The number of hydrogen-bond acceptors (Lipinski definition) is 14. The first-order chi connectivity index (χ1) is 33.0. The van der Waals surface area contributed by atoms with Gasteiger partial charge in [0.15, 0.2) is 0 Å². The van der Waals surface area contributed by atoms with Crippen LogP contribution in [0.25, 0.3) is 11.0 Å². The third kappa shape index (κ3) is 8.88. The van der Waals surface area contributed by atoms with Gasteiger partial charge in [-0.2, -0.15) is 4.98 Å². The lowest BCUT2D eigenvalue weighted by Gasteiger charge is -2.58. The molecule has 0 bridgehead atoms. The Hall–Kier alpha value is -5.79. The van der Waals surface area contributed by atoms with Crippen LogP contribution in [0.15, 0.2) is 83.9 Å². The minimum Gasteiger partial charge on any atom is -0.476 e. The number of benzene rings is 3. The van der Waals surface area contributed by atoms with Crippen molar-refractivity contribution in [1.82, 2.24) is 24.5 Å². The molecule has 6 heterocycles. The first kappa shape index (κ1) is 44.7. The molecule has 358 valence electrons. The minimum atomic E-state index is -4.58. The van der Waals surface area contributed by atoms with E-state index in [4.69, 9.17) is 19.2 Å². The number of anilines is 4. The minimum absolute atomic E-state index is 0.120. The number of amides is 1. The van der Waals surface area contributed by atoms with Crippen LogP contribution in [-0.4, -0.2) is 130 Å². The summed E-state index contributed by atoms with van der Waals surface area (Å²) in [5.41, 5.74) is 5.94. The Balaban J connectivity index is 0.840. The fraction of sp³-hybridized carbons (Fsp3) is 0.480. The van der Waals surface area contributed by atoms with Crippen molar-refractivity contribution in [1.29, 1.82) is 0 Å². The zero-order valence-electron chi connectivity index (χ0n) is 38.4. The average molecular weight is 946 g/mol. The van der Waals surface area contributed by atoms with Gasteiger partial charge in [0.25, 0.3) is 21.6 Å². The smallest absolute Gasteiger partial charge is 0.293 e. The van der Waals surface area contributed by atoms with Crippen molar-refractivity contribution in [3.63, 3.8) is 0 Å². The number of carbonyl (C=O) groups is 1. The van der Waals surface area contributed by atoms with Gasteiger partial charge in [-0.05, 0) is 117 Å². The Morgan fingerprint density at radius 3 is 2.54 bits per heavy atom. The number of aromatic nitrogens is 2. The molecule has 3 saturated heterocycles. The summed E-state index contributed by atoms with van der Waals surface area (Å²) in [6, 6.07) is 23.1. The lowest BCUT2D eigenvalue weighted by atomic mass is 9.59. The molecule has 2 atom stereocenters. The van der Waals surface area contributed by atoms with Gasteiger partial charge in [0.05, 0.1) is 53.6 Å². The summed E-state index contributed by atoms with van der Waals surface area (Å²) in [4.78, 5) is 43.2. The van der Waals surface area contributed by atoms with Crippen molar-refractivity contribution in [3.8, 4) is 5.88 Å². The number of nitro groups is 1. The van der Waals surface area contributed by atoms with Crippen LogP contribution < -0.4 is 24.6 Å². The second-order valence-electron chi connectivity index (χ2n) is 19.6. The van der Waals surface area contributed by atoms with E-state index in [-0.39, 0.29) is 23.9 Å². The Morgan fingerprint density at radius 2 is 1.76 bits per heavy atom. The number of likely N-dealkylation sites (N-methyl/N-ethyl adjacent to an activating group) is 1. The van der Waals surface area contributed by atoms with Crippen molar-refractivity contribution in [2.75, 3.05) is 94.4 Å². The lowest BCUT2D eigenvalue weighted by Crippen LogP contribution is -2.59. The SMILES string of the molecule is CN1CCN(C2CC3(CCN(c4ccc(C(=O)NS(=O)(=O)c5ccc(NC[C@H]6COCCO6)c([N+](=O)[O-])c5)c(N5CCCOc6nc7[nH]ccc7cc65)c4)CC3)C2)C(c2ccccc2C2CC2)C1. The molecule has 17 nitrogen and oxygen atoms in total. The normalized spacial score (nSPS) is 22.5. The van der Waals surface area contributed by atoms with Crippen molar-refractivity contribution < 1.29 is 32.3 Å². The summed E-state index contributed by atoms with van der Waals surface area (Å²) in [7, 11) is -2.33. The summed E-state index contributed by atoms with van der Waals surface area (Å²) in [5, 5.41) is 16.1. The Labute approximate surface area is 396 Å². The second-order valence-corrected chi connectivity index (χ2v) is 21.3. The number of nitrogens with one attached hydrogen (secondary N) is 3. The number of ether oxygens (including phenoxy) is 3. The van der Waals surface area contributed by atoms with Crippen LogP contribution in [0.5, 0.6) is 5.88 Å². The van der Waals surface area contributed by atoms with E-state index in [0.29, 0.717) is 85.7 Å². The molecule has 5 fully saturated rings. The van der Waals surface area contributed by atoms with Gasteiger partial charge in [0, 0.05) is 81.2 Å². The fourth-order valence-corrected chi connectivity index (χ4v) is 12.3. The van der Waals surface area contributed by atoms with Crippen LogP contribution in [0, 0.1) is 15.5 Å². The number of sulfonamides is 1. The van der Waals surface area contributed by atoms with Crippen molar-refractivity contribution in [2.24, 2.45) is 5.41 Å². The molecule has 3 N–H and O–H groups in total. The quantitative estimate of drug-likeness (QED) is 0.0861. The summed E-state index contributed by atoms with van der Waals surface area (Å²) < 4.78 is 47.4. The van der Waals surface area contributed by atoms with E-state index in [1.807, 2.05) is 35.4 Å². The van der Waals surface area contributed by atoms with E-state index in [1.54, 1.807) is 11.6 Å². The largest absolute Gasteiger partial charge is 0.476 e. The first-order valence-corrected chi connectivity index (χ1v) is 25.6. The molecule has 18 heteroatoms. The number of carbonyl (C=O) groups excluding carboxylic acids is 1. The predicted molar refractivity (Wildman–Crippen MR) is 259 cm³/mol. The molecule has 1 spiro atoms. The van der Waals surface area contributed by atoms with Crippen LogP contribution in [0.1, 0.15) is 78.4 Å². The number of hydrogen-bond donors (Lipinski definition) is 3. The number of nitrogens with zero attached hydrogens (tertiary/aromatic N) is 6. The van der Waals surface area contributed by atoms with Crippen LogP contribution in [0.4, 0.5) is 28.4 Å². The van der Waals surface area contributed by atoms with Gasteiger partial charge < -0.3 is 39.2 Å². The highest BCUT2D eigenvalue weighted by atomic mass is 32.2. The molecule has 11 rings (SSSR count). The van der Waals surface area contributed by atoms with Gasteiger partial charge in [-0.1, -0.05) is 24.3 Å². The second kappa shape index (κ2) is 18.3. The van der Waals surface area contributed by atoms with E-state index >= 15 is 0 Å². The third-order valence-corrected chi connectivity index (χ3v) is 16.5. The topological polar surface area (TPSA) is 188 Å². The van der Waals surface area contributed by atoms with Crippen molar-refractivity contribution in [2.45, 2.75) is 73.9 Å². The molecule has 2 saturated carbocycles. The van der Waals surface area contributed by atoms with E-state index < -0.39 is 31.4 Å². The van der Waals surface area contributed by atoms with Crippen LogP contribution in [-0.2, 0) is 19.5 Å². The summed E-state index contributed by atoms with van der Waals surface area (Å²) in [5.74, 6) is 0.251. The molecule has 1 amide bonds. The molecule has 6 aliphatic rings. The highest BCUT2D eigenvalue weighted by molar-refractivity contribution is 7.90. The van der Waals surface area contributed by atoms with E-state index in [2.05, 4.69) is 61.0 Å². The van der Waals surface area contributed by atoms with E-state index in [0.717, 1.165) is 62.7 Å². The Kier molecular flexibility index (Phi) is 12.0. The van der Waals surface area contributed by atoms with Gasteiger partial charge >= 0.3 is 0 Å². The molecule has 1 unspecified atom stereocenters. The van der Waals surface area contributed by atoms with Crippen molar-refractivity contribution in [3.05, 3.63) is 106 Å². The number of H-pyrrole nitrogens is 1. The first-order valence-electron chi connectivity index (χ1n) is 24.1. The van der Waals surface area contributed by atoms with Gasteiger partial charge in [-0.15, -0.1) is 0 Å². The van der Waals surface area contributed by atoms with Gasteiger partial charge in [-0.25, -0.2) is 13.1 Å². The highest BCUT2D eigenvalue weighted by Crippen LogP contribution is 2.54. The predicted octanol–water partition coefficient (Wildman–Crippen LogP) is 6.95. The maximum atomic E-state index is 14.4. The van der Waals surface area contributed by atoms with Crippen LogP contribution >= 0.6 is 0 Å².